The molecule has 3 aromatic rings. The minimum Gasteiger partial charge on any atom is -0.444 e. The molecule has 1 aromatic heterocycles. The smallest absolute Gasteiger partial charge is 0.340 e. The molecule has 0 spiro atoms. The van der Waals surface area contributed by atoms with Gasteiger partial charge in [0.05, 0.1) is 11.1 Å². The van der Waals surface area contributed by atoms with Crippen LogP contribution in [0.5, 0.6) is 0 Å². The quantitative estimate of drug-likeness (QED) is 0.743. The number of hydrogen-bond donors (Lipinski definition) is 1. The monoisotopic (exact) mass is 334 g/mol. The van der Waals surface area contributed by atoms with E-state index < -0.39 is 18.0 Å². The highest BCUT2D eigenvalue weighted by atomic mass is 16.5. The number of carbonyl (C=O) groups excluding carboxylic acids is 2. The molecule has 25 heavy (non-hydrogen) atoms. The number of aromatic nitrogens is 1. The Hall–Kier alpha value is -3.21. The van der Waals surface area contributed by atoms with Gasteiger partial charge in [0.25, 0.3) is 5.91 Å². The summed E-state index contributed by atoms with van der Waals surface area (Å²) in [6, 6.07) is 16.0. The van der Waals surface area contributed by atoms with Crippen LogP contribution in [0, 0.1) is 13.8 Å². The molecule has 0 aliphatic carbocycles. The molecule has 126 valence electrons. The molecular formula is C20H18N2O3. The van der Waals surface area contributed by atoms with E-state index in [0.29, 0.717) is 27.7 Å². The second-order valence-corrected chi connectivity index (χ2v) is 5.93. The Morgan fingerprint density at radius 2 is 1.76 bits per heavy atom. The highest BCUT2D eigenvalue weighted by Gasteiger charge is 2.24. The number of pyridine rings is 1. The fourth-order valence-corrected chi connectivity index (χ4v) is 2.73. The van der Waals surface area contributed by atoms with Crippen LogP contribution in [0.1, 0.15) is 33.3 Å². The lowest BCUT2D eigenvalue weighted by molar-refractivity contribution is -0.127. The van der Waals surface area contributed by atoms with Crippen LogP contribution in [0.2, 0.25) is 0 Å². The number of amides is 1. The summed E-state index contributed by atoms with van der Waals surface area (Å²) in [5.41, 5.74) is 8.74. The summed E-state index contributed by atoms with van der Waals surface area (Å²) in [5, 5.41) is 0.687. The van der Waals surface area contributed by atoms with Gasteiger partial charge in [-0.25, -0.2) is 4.79 Å². The Kier molecular flexibility index (Phi) is 4.48. The lowest BCUT2D eigenvalue weighted by Gasteiger charge is -2.16. The first kappa shape index (κ1) is 16.6. The fourth-order valence-electron chi connectivity index (χ4n) is 2.73. The predicted octanol–water partition coefficient (Wildman–Crippen LogP) is 3.24. The molecule has 2 N–H and O–H groups in total. The van der Waals surface area contributed by atoms with Crippen LogP contribution in [0.3, 0.4) is 0 Å². The third kappa shape index (κ3) is 3.50. The molecule has 2 aromatic carbocycles. The van der Waals surface area contributed by atoms with Crippen molar-refractivity contribution in [3.63, 3.8) is 0 Å². The summed E-state index contributed by atoms with van der Waals surface area (Å²) < 4.78 is 5.45. The molecular weight excluding hydrogens is 316 g/mol. The molecule has 0 bridgehead atoms. The molecule has 1 heterocycles. The molecule has 1 unspecified atom stereocenters. The lowest BCUT2D eigenvalue weighted by atomic mass is 10.0. The summed E-state index contributed by atoms with van der Waals surface area (Å²) in [6.07, 6.45) is -1.14. The van der Waals surface area contributed by atoms with Gasteiger partial charge in [0.15, 0.2) is 0 Å². The van der Waals surface area contributed by atoms with Crippen molar-refractivity contribution in [3.8, 4) is 0 Å². The minimum atomic E-state index is -1.14. The molecule has 0 radical (unpaired) electrons. The average molecular weight is 334 g/mol. The van der Waals surface area contributed by atoms with Crippen LogP contribution in [0.25, 0.3) is 10.9 Å². The van der Waals surface area contributed by atoms with Crippen molar-refractivity contribution in [2.24, 2.45) is 5.73 Å². The number of nitrogens with zero attached hydrogens (tertiary/aromatic N) is 1. The number of esters is 1. The second kappa shape index (κ2) is 6.73. The molecule has 0 aliphatic rings. The number of rotatable bonds is 4. The lowest BCUT2D eigenvalue weighted by Crippen LogP contribution is -2.26. The number of aryl methyl sites for hydroxylation is 2. The molecule has 0 saturated heterocycles. The number of hydrogen-bond acceptors (Lipinski definition) is 4. The molecule has 0 saturated carbocycles. The minimum absolute atomic E-state index is 0.369. The SMILES string of the molecule is Cc1ccc2nc(C)cc(C(=O)OC(C(N)=O)c3ccccc3)c2c1. The van der Waals surface area contributed by atoms with E-state index >= 15 is 0 Å². The first-order valence-electron chi connectivity index (χ1n) is 7.89. The fraction of sp³-hybridized carbons (Fsp3) is 0.150. The Morgan fingerprint density at radius 3 is 2.44 bits per heavy atom. The summed E-state index contributed by atoms with van der Waals surface area (Å²) in [4.78, 5) is 29.0. The maximum atomic E-state index is 12.8. The zero-order chi connectivity index (χ0) is 18.0. The Morgan fingerprint density at radius 1 is 1.04 bits per heavy atom. The van der Waals surface area contributed by atoms with E-state index in [2.05, 4.69) is 4.98 Å². The molecule has 5 nitrogen and oxygen atoms in total. The van der Waals surface area contributed by atoms with Gasteiger partial charge >= 0.3 is 5.97 Å². The van der Waals surface area contributed by atoms with Gasteiger partial charge < -0.3 is 10.5 Å². The molecule has 1 amide bonds. The Balaban J connectivity index is 2.01. The third-order valence-corrected chi connectivity index (χ3v) is 3.90. The maximum absolute atomic E-state index is 12.8. The van der Waals surface area contributed by atoms with Gasteiger partial charge in [-0.3, -0.25) is 9.78 Å². The van der Waals surface area contributed by atoms with Gasteiger partial charge in [0, 0.05) is 16.6 Å². The number of primary amides is 1. The molecule has 0 fully saturated rings. The van der Waals surface area contributed by atoms with Gasteiger partial charge in [-0.05, 0) is 32.0 Å². The van der Waals surface area contributed by atoms with Crippen molar-refractivity contribution in [3.05, 3.63) is 77.0 Å². The first-order chi connectivity index (χ1) is 12.0. The highest BCUT2D eigenvalue weighted by molar-refractivity contribution is 6.04. The van der Waals surface area contributed by atoms with Gasteiger partial charge in [0.1, 0.15) is 0 Å². The molecule has 1 atom stereocenters. The average Bonchev–Trinajstić information content (AvgIpc) is 2.59. The Labute approximate surface area is 145 Å². The Bertz CT molecular complexity index is 952. The predicted molar refractivity (Wildman–Crippen MR) is 95.0 cm³/mol. The van der Waals surface area contributed by atoms with Crippen LogP contribution in [-0.2, 0) is 9.53 Å². The van der Waals surface area contributed by atoms with Gasteiger partial charge in [-0.1, -0.05) is 42.0 Å². The number of benzene rings is 2. The number of fused-ring (bicyclic) bond motifs is 1. The van der Waals surface area contributed by atoms with Gasteiger partial charge in [-0.15, -0.1) is 0 Å². The van der Waals surface area contributed by atoms with Crippen LogP contribution < -0.4 is 5.73 Å². The first-order valence-corrected chi connectivity index (χ1v) is 7.89. The largest absolute Gasteiger partial charge is 0.444 e. The van der Waals surface area contributed by atoms with Crippen molar-refractivity contribution < 1.29 is 14.3 Å². The summed E-state index contributed by atoms with van der Waals surface area (Å²) in [6.45, 7) is 3.74. The summed E-state index contributed by atoms with van der Waals surface area (Å²) in [5.74, 6) is -1.32. The second-order valence-electron chi connectivity index (χ2n) is 5.93. The highest BCUT2D eigenvalue weighted by Crippen LogP contribution is 2.24. The molecule has 0 aliphatic heterocycles. The zero-order valence-electron chi connectivity index (χ0n) is 14.0. The third-order valence-electron chi connectivity index (χ3n) is 3.90. The van der Waals surface area contributed by atoms with Gasteiger partial charge in [0.2, 0.25) is 6.10 Å². The van der Waals surface area contributed by atoms with Crippen LogP contribution in [-0.4, -0.2) is 16.9 Å². The zero-order valence-corrected chi connectivity index (χ0v) is 14.0. The van der Waals surface area contributed by atoms with E-state index in [-0.39, 0.29) is 0 Å². The standard InChI is InChI=1S/C20H18N2O3/c1-12-8-9-17-15(10-12)16(11-13(2)22-17)20(24)25-18(19(21)23)14-6-4-3-5-7-14/h3-11,18H,1-2H3,(H2,21,23). The molecule has 3 rings (SSSR count). The van der Waals surface area contributed by atoms with E-state index in [1.54, 1.807) is 37.3 Å². The number of carbonyl (C=O) groups is 2. The van der Waals surface area contributed by atoms with Crippen LogP contribution in [0.15, 0.2) is 54.6 Å². The number of nitrogens with two attached hydrogens (primary N) is 1. The normalized spacial score (nSPS) is 11.9. The van der Waals surface area contributed by atoms with Gasteiger partial charge in [-0.2, -0.15) is 0 Å². The van der Waals surface area contributed by atoms with Crippen molar-refractivity contribution in [1.82, 2.24) is 4.98 Å². The summed E-state index contributed by atoms with van der Waals surface area (Å²) in [7, 11) is 0. The van der Waals surface area contributed by atoms with E-state index in [0.717, 1.165) is 5.56 Å². The van der Waals surface area contributed by atoms with Crippen molar-refractivity contribution in [2.45, 2.75) is 20.0 Å². The van der Waals surface area contributed by atoms with E-state index in [9.17, 15) is 9.59 Å². The topological polar surface area (TPSA) is 82.3 Å². The summed E-state index contributed by atoms with van der Waals surface area (Å²) >= 11 is 0. The molecule has 5 heteroatoms. The van der Waals surface area contributed by atoms with Crippen molar-refractivity contribution in [2.75, 3.05) is 0 Å². The number of ether oxygens (including phenoxy) is 1. The van der Waals surface area contributed by atoms with Crippen molar-refractivity contribution >= 4 is 22.8 Å². The van der Waals surface area contributed by atoms with E-state index in [1.165, 1.54) is 0 Å². The van der Waals surface area contributed by atoms with E-state index in [1.807, 2.05) is 31.2 Å². The van der Waals surface area contributed by atoms with Crippen LogP contribution in [0.4, 0.5) is 0 Å². The van der Waals surface area contributed by atoms with Crippen LogP contribution >= 0.6 is 0 Å². The maximum Gasteiger partial charge on any atom is 0.340 e. The van der Waals surface area contributed by atoms with E-state index in [4.69, 9.17) is 10.5 Å². The van der Waals surface area contributed by atoms with Crippen molar-refractivity contribution in [1.29, 1.82) is 0 Å².